The Morgan fingerprint density at radius 1 is 1.39 bits per heavy atom. The van der Waals surface area contributed by atoms with Crippen molar-refractivity contribution in [2.75, 3.05) is 12.9 Å². The van der Waals surface area contributed by atoms with Crippen LogP contribution >= 0.6 is 0 Å². The summed E-state index contributed by atoms with van der Waals surface area (Å²) in [7, 11) is -1.29. The lowest BCUT2D eigenvalue weighted by atomic mass is 10.1. The maximum Gasteiger partial charge on any atom is 0.358 e. The molecule has 7 nitrogen and oxygen atoms in total. The lowest BCUT2D eigenvalue weighted by molar-refractivity contribution is 0.0517. The first-order valence-corrected chi connectivity index (χ1v) is 8.74. The van der Waals surface area contributed by atoms with Crippen molar-refractivity contribution in [3.63, 3.8) is 0 Å². The lowest BCUT2D eigenvalue weighted by Crippen LogP contribution is -2.25. The minimum atomic E-state index is -1.29. The first-order chi connectivity index (χ1) is 10.7. The molecule has 0 spiro atoms. The lowest BCUT2D eigenvalue weighted by Gasteiger charge is -2.22. The van der Waals surface area contributed by atoms with Crippen LogP contribution in [0.4, 0.5) is 0 Å². The fraction of sp³-hybridized carbons (Fsp3) is 0.467. The van der Waals surface area contributed by atoms with E-state index < -0.39 is 16.8 Å². The molecular weight excluding hydrogens is 316 g/mol. The number of ether oxygens (including phenoxy) is 1. The van der Waals surface area contributed by atoms with E-state index in [0.717, 1.165) is 0 Å². The normalized spacial score (nSPS) is 12.9. The summed E-state index contributed by atoms with van der Waals surface area (Å²) in [5.41, 5.74) is 1.06. The SMILES string of the molecule is CCOC(=O)c1cc(-c2ccnc(S(C)=O)n2)n(C(C)(C)C)n1. The summed E-state index contributed by atoms with van der Waals surface area (Å²) in [6.45, 7) is 7.94. The number of hydrogen-bond donors (Lipinski definition) is 0. The molecule has 1 atom stereocenters. The van der Waals surface area contributed by atoms with Crippen LogP contribution in [0, 0.1) is 0 Å². The molecule has 2 aromatic rings. The molecule has 0 aliphatic rings. The average molecular weight is 336 g/mol. The maximum atomic E-state index is 12.0. The second-order valence-corrected chi connectivity index (χ2v) is 7.17. The standard InChI is InChI=1S/C15H20N4O3S/c1-6-22-13(20)11-9-12(19(18-11)15(2,3)4)10-7-8-16-14(17-10)23(5)21/h7-9H,6H2,1-5H3. The highest BCUT2D eigenvalue weighted by Crippen LogP contribution is 2.25. The minimum Gasteiger partial charge on any atom is -0.461 e. The molecule has 0 radical (unpaired) electrons. The first kappa shape index (κ1) is 17.3. The van der Waals surface area contributed by atoms with Gasteiger partial charge in [0.25, 0.3) is 0 Å². The summed E-state index contributed by atoms with van der Waals surface area (Å²) in [6, 6.07) is 3.33. The van der Waals surface area contributed by atoms with E-state index in [-0.39, 0.29) is 23.0 Å². The molecule has 0 aliphatic heterocycles. The molecule has 1 unspecified atom stereocenters. The van der Waals surface area contributed by atoms with Gasteiger partial charge >= 0.3 is 5.97 Å². The Hall–Kier alpha value is -2.09. The molecule has 8 heteroatoms. The third-order valence-electron chi connectivity index (χ3n) is 2.98. The second-order valence-electron chi connectivity index (χ2n) is 5.90. The van der Waals surface area contributed by atoms with Crippen molar-refractivity contribution in [1.82, 2.24) is 19.7 Å². The predicted octanol–water partition coefficient (Wildman–Crippen LogP) is 2.01. The molecule has 0 fully saturated rings. The summed E-state index contributed by atoms with van der Waals surface area (Å²) in [4.78, 5) is 20.3. The highest BCUT2D eigenvalue weighted by molar-refractivity contribution is 7.84. The Labute approximate surface area is 137 Å². The first-order valence-electron chi connectivity index (χ1n) is 7.18. The Bertz CT molecular complexity index is 749. The van der Waals surface area contributed by atoms with Gasteiger partial charge in [-0.3, -0.25) is 8.89 Å². The predicted molar refractivity (Wildman–Crippen MR) is 86.5 cm³/mol. The molecule has 2 heterocycles. The van der Waals surface area contributed by atoms with Crippen LogP contribution < -0.4 is 0 Å². The van der Waals surface area contributed by atoms with Gasteiger partial charge in [0.15, 0.2) is 5.69 Å². The summed E-state index contributed by atoms with van der Waals surface area (Å²) in [5.74, 6) is -0.481. The van der Waals surface area contributed by atoms with E-state index in [1.807, 2.05) is 20.8 Å². The van der Waals surface area contributed by atoms with Crippen molar-refractivity contribution < 1.29 is 13.7 Å². The van der Waals surface area contributed by atoms with Gasteiger partial charge in [-0.1, -0.05) is 0 Å². The summed E-state index contributed by atoms with van der Waals surface area (Å²) in [5, 5.41) is 4.59. The number of hydrogen-bond acceptors (Lipinski definition) is 6. The number of carbonyl (C=O) groups excluding carboxylic acids is 1. The fourth-order valence-corrected chi connectivity index (χ4v) is 2.44. The number of nitrogens with zero attached hydrogens (tertiary/aromatic N) is 4. The molecule has 0 aliphatic carbocycles. The molecule has 124 valence electrons. The summed E-state index contributed by atoms with van der Waals surface area (Å²) < 4.78 is 18.3. The average Bonchev–Trinajstić information content (AvgIpc) is 2.93. The van der Waals surface area contributed by atoms with E-state index in [9.17, 15) is 9.00 Å². The van der Waals surface area contributed by atoms with Crippen LogP contribution in [0.3, 0.4) is 0 Å². The van der Waals surface area contributed by atoms with Crippen molar-refractivity contribution in [3.05, 3.63) is 24.0 Å². The van der Waals surface area contributed by atoms with Crippen LogP contribution in [0.2, 0.25) is 0 Å². The number of aromatic nitrogens is 4. The van der Waals surface area contributed by atoms with Crippen LogP contribution in [-0.4, -0.2) is 42.8 Å². The zero-order valence-corrected chi connectivity index (χ0v) is 14.7. The zero-order valence-electron chi connectivity index (χ0n) is 13.9. The molecule has 0 aromatic carbocycles. The molecule has 0 saturated heterocycles. The van der Waals surface area contributed by atoms with E-state index in [4.69, 9.17) is 4.74 Å². The maximum absolute atomic E-state index is 12.0. The second kappa shape index (κ2) is 6.57. The third-order valence-corrected chi connectivity index (χ3v) is 3.69. The Balaban J connectivity index is 2.58. The number of carbonyl (C=O) groups is 1. The van der Waals surface area contributed by atoms with E-state index in [2.05, 4.69) is 15.1 Å². The molecule has 0 saturated carbocycles. The smallest absolute Gasteiger partial charge is 0.358 e. The molecule has 2 rings (SSSR count). The Morgan fingerprint density at radius 3 is 2.65 bits per heavy atom. The van der Waals surface area contributed by atoms with Crippen molar-refractivity contribution in [1.29, 1.82) is 0 Å². The van der Waals surface area contributed by atoms with Gasteiger partial charge in [0, 0.05) is 18.5 Å². The van der Waals surface area contributed by atoms with Gasteiger partial charge in [0.2, 0.25) is 5.16 Å². The minimum absolute atomic E-state index is 0.217. The van der Waals surface area contributed by atoms with Gasteiger partial charge in [0.1, 0.15) is 0 Å². The van der Waals surface area contributed by atoms with Crippen LogP contribution in [0.25, 0.3) is 11.4 Å². The van der Waals surface area contributed by atoms with E-state index in [0.29, 0.717) is 11.4 Å². The zero-order chi connectivity index (χ0) is 17.2. The number of rotatable bonds is 4. The highest BCUT2D eigenvalue weighted by Gasteiger charge is 2.24. The van der Waals surface area contributed by atoms with Crippen LogP contribution in [-0.2, 0) is 21.1 Å². The van der Waals surface area contributed by atoms with Crippen LogP contribution in [0.1, 0.15) is 38.2 Å². The van der Waals surface area contributed by atoms with Gasteiger partial charge in [-0.2, -0.15) is 5.10 Å². The van der Waals surface area contributed by atoms with E-state index in [1.165, 1.54) is 6.26 Å². The topological polar surface area (TPSA) is 87.0 Å². The Morgan fingerprint density at radius 2 is 2.09 bits per heavy atom. The van der Waals surface area contributed by atoms with Crippen LogP contribution in [0.15, 0.2) is 23.5 Å². The van der Waals surface area contributed by atoms with Gasteiger partial charge in [-0.15, -0.1) is 0 Å². The molecule has 2 aromatic heterocycles. The van der Waals surface area contributed by atoms with E-state index >= 15 is 0 Å². The molecule has 0 amide bonds. The van der Waals surface area contributed by atoms with Gasteiger partial charge in [0.05, 0.1) is 34.3 Å². The molecular formula is C15H20N4O3S. The monoisotopic (exact) mass is 336 g/mol. The van der Waals surface area contributed by atoms with Crippen molar-refractivity contribution in [3.8, 4) is 11.4 Å². The summed E-state index contributed by atoms with van der Waals surface area (Å²) in [6.07, 6.45) is 3.06. The quantitative estimate of drug-likeness (QED) is 0.627. The molecule has 0 N–H and O–H groups in total. The highest BCUT2D eigenvalue weighted by atomic mass is 32.2. The van der Waals surface area contributed by atoms with Crippen molar-refractivity contribution in [2.45, 2.75) is 38.4 Å². The largest absolute Gasteiger partial charge is 0.461 e. The van der Waals surface area contributed by atoms with Gasteiger partial charge in [-0.25, -0.2) is 14.8 Å². The van der Waals surface area contributed by atoms with Crippen LogP contribution in [0.5, 0.6) is 0 Å². The Kier molecular flexibility index (Phi) is 4.93. The van der Waals surface area contributed by atoms with Gasteiger partial charge < -0.3 is 4.74 Å². The van der Waals surface area contributed by atoms with Crippen molar-refractivity contribution in [2.24, 2.45) is 0 Å². The number of esters is 1. The van der Waals surface area contributed by atoms with E-state index in [1.54, 1.807) is 29.9 Å². The van der Waals surface area contributed by atoms with Gasteiger partial charge in [-0.05, 0) is 33.8 Å². The summed E-state index contributed by atoms with van der Waals surface area (Å²) >= 11 is 0. The molecule has 0 bridgehead atoms. The fourth-order valence-electron chi connectivity index (χ4n) is 2.00. The van der Waals surface area contributed by atoms with Crippen molar-refractivity contribution >= 4 is 16.8 Å². The third kappa shape index (κ3) is 3.82. The molecule has 23 heavy (non-hydrogen) atoms.